The smallest absolute Gasteiger partial charge is 0.132 e. The zero-order chi connectivity index (χ0) is 22.8. The van der Waals surface area contributed by atoms with Gasteiger partial charge in [-0.25, -0.2) is 4.39 Å². The number of aliphatic imine (C=N–C) groups is 1. The van der Waals surface area contributed by atoms with Crippen molar-refractivity contribution in [2.45, 2.75) is 26.7 Å². The number of allylic oxidation sites excluding steroid dienone is 2. The van der Waals surface area contributed by atoms with E-state index in [1.807, 2.05) is 31.2 Å². The Labute approximate surface area is 190 Å². The van der Waals surface area contributed by atoms with Gasteiger partial charge in [-0.2, -0.15) is 0 Å². The Bertz CT molecular complexity index is 1070. The molecule has 2 aromatic heterocycles. The maximum Gasteiger partial charge on any atom is 0.132 e. The van der Waals surface area contributed by atoms with Crippen molar-refractivity contribution >= 4 is 11.8 Å². The van der Waals surface area contributed by atoms with Gasteiger partial charge in [-0.05, 0) is 80.2 Å². The van der Waals surface area contributed by atoms with Crippen LogP contribution in [0.3, 0.4) is 0 Å². The van der Waals surface area contributed by atoms with E-state index in [1.54, 1.807) is 50.1 Å². The lowest BCUT2D eigenvalue weighted by molar-refractivity contribution is 0.402. The molecule has 32 heavy (non-hydrogen) atoms. The molecule has 4 rings (SSSR count). The molecule has 1 N–H and O–H groups in total. The zero-order valence-electron chi connectivity index (χ0n) is 19.1. The summed E-state index contributed by atoms with van der Waals surface area (Å²) in [5.74, 6) is 0.690. The van der Waals surface area contributed by atoms with Crippen molar-refractivity contribution in [3.63, 3.8) is 0 Å². The second kappa shape index (κ2) is 12.0. The normalized spacial score (nSPS) is 14.8. The standard InChI is InChI=1S/C21H18FN3.C6H13N/c1-3-15(12-23-2)17-10-18(14-24-13-17)16-8-9-25-21(11-16)19-6-4-5-7-20(19)22;1-6-2-4-7-5-3-6/h3-14H,1-2H3;6-7H,2-5H2,1H3/b15-3+,23-12?;. The molecule has 3 aromatic rings. The van der Waals surface area contributed by atoms with Gasteiger partial charge in [0.2, 0.25) is 0 Å². The van der Waals surface area contributed by atoms with Crippen LogP contribution in [0.4, 0.5) is 4.39 Å². The molecule has 1 aliphatic heterocycles. The first-order valence-electron chi connectivity index (χ1n) is 11.1. The fraction of sp³-hybridized carbons (Fsp3) is 0.296. The summed E-state index contributed by atoms with van der Waals surface area (Å²) >= 11 is 0. The Balaban J connectivity index is 0.000000352. The minimum absolute atomic E-state index is 0.283. The highest BCUT2D eigenvalue weighted by atomic mass is 19.1. The fourth-order valence-corrected chi connectivity index (χ4v) is 3.60. The fourth-order valence-electron chi connectivity index (χ4n) is 3.60. The molecule has 0 saturated carbocycles. The Morgan fingerprint density at radius 1 is 1.09 bits per heavy atom. The second-order valence-electron chi connectivity index (χ2n) is 7.94. The van der Waals surface area contributed by atoms with Crippen molar-refractivity contribution < 1.29 is 4.39 Å². The Morgan fingerprint density at radius 3 is 2.53 bits per heavy atom. The summed E-state index contributed by atoms with van der Waals surface area (Å²) in [6.07, 6.45) is 11.8. The molecule has 3 heterocycles. The first-order valence-corrected chi connectivity index (χ1v) is 11.1. The average Bonchev–Trinajstić information content (AvgIpc) is 2.84. The summed E-state index contributed by atoms with van der Waals surface area (Å²) < 4.78 is 14.0. The lowest BCUT2D eigenvalue weighted by Crippen LogP contribution is -2.26. The van der Waals surface area contributed by atoms with E-state index in [0.717, 1.165) is 28.2 Å². The molecule has 1 aliphatic rings. The molecular formula is C27H31FN4. The number of nitrogens with zero attached hydrogens (tertiary/aromatic N) is 3. The first kappa shape index (κ1) is 23.5. The summed E-state index contributed by atoms with van der Waals surface area (Å²) in [6.45, 7) is 6.76. The maximum absolute atomic E-state index is 14.0. The van der Waals surface area contributed by atoms with Crippen LogP contribution in [0.15, 0.2) is 72.1 Å². The van der Waals surface area contributed by atoms with E-state index in [0.29, 0.717) is 11.3 Å². The second-order valence-corrected chi connectivity index (χ2v) is 7.94. The third-order valence-corrected chi connectivity index (χ3v) is 5.52. The van der Waals surface area contributed by atoms with Crippen LogP contribution < -0.4 is 5.32 Å². The number of piperidine rings is 1. The van der Waals surface area contributed by atoms with E-state index in [9.17, 15) is 4.39 Å². The van der Waals surface area contributed by atoms with Crippen molar-refractivity contribution in [1.82, 2.24) is 15.3 Å². The number of benzene rings is 1. The molecule has 1 fully saturated rings. The summed E-state index contributed by atoms with van der Waals surface area (Å²) in [5.41, 5.74) is 4.95. The van der Waals surface area contributed by atoms with Gasteiger partial charge in [0, 0.05) is 48.5 Å². The van der Waals surface area contributed by atoms with Crippen LogP contribution in [0.25, 0.3) is 28.0 Å². The maximum atomic E-state index is 14.0. The molecule has 1 aromatic carbocycles. The molecular weight excluding hydrogens is 399 g/mol. The van der Waals surface area contributed by atoms with Crippen LogP contribution in [0.2, 0.25) is 0 Å². The number of pyridine rings is 2. The van der Waals surface area contributed by atoms with Gasteiger partial charge < -0.3 is 5.32 Å². The Kier molecular flexibility index (Phi) is 8.81. The molecule has 0 aliphatic carbocycles. The summed E-state index contributed by atoms with van der Waals surface area (Å²) in [5, 5.41) is 3.32. The molecule has 0 bridgehead atoms. The van der Waals surface area contributed by atoms with Crippen LogP contribution >= 0.6 is 0 Å². The Morgan fingerprint density at radius 2 is 1.88 bits per heavy atom. The molecule has 0 amide bonds. The number of hydrogen-bond acceptors (Lipinski definition) is 4. The largest absolute Gasteiger partial charge is 0.317 e. The first-order chi connectivity index (χ1) is 15.6. The van der Waals surface area contributed by atoms with Crippen molar-refractivity contribution in [2.75, 3.05) is 20.1 Å². The average molecular weight is 431 g/mol. The van der Waals surface area contributed by atoms with E-state index in [2.05, 4.69) is 27.2 Å². The monoisotopic (exact) mass is 430 g/mol. The van der Waals surface area contributed by atoms with E-state index in [1.165, 1.54) is 32.0 Å². The number of rotatable bonds is 4. The van der Waals surface area contributed by atoms with Crippen molar-refractivity contribution in [2.24, 2.45) is 10.9 Å². The molecule has 0 atom stereocenters. The number of halogens is 1. The topological polar surface area (TPSA) is 50.2 Å². The van der Waals surface area contributed by atoms with Crippen molar-refractivity contribution in [1.29, 1.82) is 0 Å². The lowest BCUT2D eigenvalue weighted by atomic mass is 10.0. The molecule has 4 nitrogen and oxygen atoms in total. The predicted molar refractivity (Wildman–Crippen MR) is 132 cm³/mol. The van der Waals surface area contributed by atoms with Gasteiger partial charge in [-0.1, -0.05) is 25.1 Å². The van der Waals surface area contributed by atoms with Crippen LogP contribution in [0.5, 0.6) is 0 Å². The van der Waals surface area contributed by atoms with Gasteiger partial charge in [0.25, 0.3) is 0 Å². The van der Waals surface area contributed by atoms with Gasteiger partial charge in [0.05, 0.1) is 5.69 Å². The number of aromatic nitrogens is 2. The van der Waals surface area contributed by atoms with E-state index in [-0.39, 0.29) is 5.82 Å². The number of nitrogens with one attached hydrogen (secondary N) is 1. The molecule has 1 saturated heterocycles. The summed E-state index contributed by atoms with van der Waals surface area (Å²) in [4.78, 5) is 12.7. The van der Waals surface area contributed by atoms with Crippen LogP contribution in [0, 0.1) is 11.7 Å². The molecule has 166 valence electrons. The van der Waals surface area contributed by atoms with Crippen molar-refractivity contribution in [3.8, 4) is 22.4 Å². The number of hydrogen-bond donors (Lipinski definition) is 1. The molecule has 0 unspecified atom stereocenters. The minimum Gasteiger partial charge on any atom is -0.317 e. The summed E-state index contributed by atoms with van der Waals surface area (Å²) in [6, 6.07) is 12.5. The van der Waals surface area contributed by atoms with E-state index >= 15 is 0 Å². The van der Waals surface area contributed by atoms with Crippen molar-refractivity contribution in [3.05, 3.63) is 78.5 Å². The van der Waals surface area contributed by atoms with Gasteiger partial charge >= 0.3 is 0 Å². The highest BCUT2D eigenvalue weighted by molar-refractivity contribution is 6.09. The molecule has 5 heteroatoms. The summed E-state index contributed by atoms with van der Waals surface area (Å²) in [7, 11) is 1.74. The van der Waals surface area contributed by atoms with Gasteiger partial charge in [-0.3, -0.25) is 15.0 Å². The van der Waals surface area contributed by atoms with Gasteiger partial charge in [0.1, 0.15) is 5.82 Å². The highest BCUT2D eigenvalue weighted by Gasteiger charge is 2.09. The molecule has 0 radical (unpaired) electrons. The van der Waals surface area contributed by atoms with Crippen LogP contribution in [0.1, 0.15) is 32.3 Å². The third-order valence-electron chi connectivity index (χ3n) is 5.52. The third kappa shape index (κ3) is 6.41. The van der Waals surface area contributed by atoms with E-state index in [4.69, 9.17) is 0 Å². The predicted octanol–water partition coefficient (Wildman–Crippen LogP) is 6.06. The van der Waals surface area contributed by atoms with E-state index < -0.39 is 0 Å². The van der Waals surface area contributed by atoms with Gasteiger partial charge in [-0.15, -0.1) is 0 Å². The zero-order valence-corrected chi connectivity index (χ0v) is 19.1. The van der Waals surface area contributed by atoms with Gasteiger partial charge in [0.15, 0.2) is 0 Å². The highest BCUT2D eigenvalue weighted by Crippen LogP contribution is 2.27. The minimum atomic E-state index is -0.283. The lowest BCUT2D eigenvalue weighted by Gasteiger charge is -2.17. The SMILES string of the molecule is C/C=C(\C=NC)c1cncc(-c2ccnc(-c3ccccc3F)c2)c1.CC1CCNCC1. The Hall–Kier alpha value is -3.18. The molecule has 0 spiro atoms. The quantitative estimate of drug-likeness (QED) is 0.512. The van der Waals surface area contributed by atoms with Crippen LogP contribution in [-0.4, -0.2) is 36.3 Å². The van der Waals surface area contributed by atoms with Crippen LogP contribution in [-0.2, 0) is 0 Å².